The van der Waals surface area contributed by atoms with Crippen LogP contribution in [0.1, 0.15) is 52.5 Å². The summed E-state index contributed by atoms with van der Waals surface area (Å²) in [6.07, 6.45) is 4.71. The second-order valence-corrected chi connectivity index (χ2v) is 10.2. The zero-order valence-electron chi connectivity index (χ0n) is 18.9. The smallest absolute Gasteiger partial charge is 0.410 e. The lowest BCUT2D eigenvalue weighted by Crippen LogP contribution is -2.47. The van der Waals surface area contributed by atoms with Gasteiger partial charge in [-0.3, -0.25) is 0 Å². The van der Waals surface area contributed by atoms with Crippen LogP contribution in [0.2, 0.25) is 0 Å². The van der Waals surface area contributed by atoms with Crippen molar-refractivity contribution >= 4 is 22.0 Å². The predicted octanol–water partition coefficient (Wildman–Crippen LogP) is 5.36. The number of rotatable bonds is 8. The topological polar surface area (TPSA) is 42.0 Å². The lowest BCUT2D eigenvalue weighted by atomic mass is 9.90. The summed E-state index contributed by atoms with van der Waals surface area (Å²) in [4.78, 5) is 16.3. The summed E-state index contributed by atoms with van der Waals surface area (Å²) in [6.45, 7) is 13.0. The van der Waals surface area contributed by atoms with Crippen molar-refractivity contribution in [2.24, 2.45) is 11.8 Å². The van der Waals surface area contributed by atoms with E-state index in [-0.39, 0.29) is 18.2 Å². The van der Waals surface area contributed by atoms with Crippen LogP contribution in [0.15, 0.2) is 22.7 Å². The third-order valence-electron chi connectivity index (χ3n) is 6.21. The van der Waals surface area contributed by atoms with Crippen LogP contribution in [-0.2, 0) is 11.2 Å². The Balaban J connectivity index is 1.43. The van der Waals surface area contributed by atoms with Crippen molar-refractivity contribution in [3.05, 3.63) is 28.2 Å². The van der Waals surface area contributed by atoms with E-state index in [0.717, 1.165) is 50.7 Å². The van der Waals surface area contributed by atoms with E-state index in [1.807, 2.05) is 11.0 Å². The summed E-state index contributed by atoms with van der Waals surface area (Å²) in [7, 11) is 0. The third kappa shape index (κ3) is 6.61. The molecule has 0 aliphatic carbocycles. The van der Waals surface area contributed by atoms with E-state index in [1.54, 1.807) is 0 Å². The molecule has 0 bridgehead atoms. The largest absolute Gasteiger partial charge is 0.491 e. The highest BCUT2D eigenvalue weighted by Gasteiger charge is 2.29. The van der Waals surface area contributed by atoms with E-state index in [2.05, 4.69) is 60.7 Å². The van der Waals surface area contributed by atoms with Gasteiger partial charge in [-0.25, -0.2) is 4.79 Å². The lowest BCUT2D eigenvalue weighted by Gasteiger charge is -2.37. The summed E-state index contributed by atoms with van der Waals surface area (Å²) >= 11 is 3.72. The van der Waals surface area contributed by atoms with Crippen molar-refractivity contribution in [1.29, 1.82) is 0 Å². The second-order valence-electron chi connectivity index (χ2n) is 9.39. The van der Waals surface area contributed by atoms with E-state index in [9.17, 15) is 4.79 Å². The number of carbonyl (C=O) groups is 1. The molecule has 3 rings (SSSR count). The second kappa shape index (κ2) is 10.9. The molecule has 0 radical (unpaired) electrons. The molecule has 0 N–H and O–H groups in total. The van der Waals surface area contributed by atoms with E-state index in [4.69, 9.17) is 9.47 Å². The number of hydrogen-bond acceptors (Lipinski definition) is 4. The fourth-order valence-electron chi connectivity index (χ4n) is 4.42. The first-order chi connectivity index (χ1) is 14.3. The van der Waals surface area contributed by atoms with Crippen LogP contribution < -0.4 is 4.74 Å². The number of amides is 1. The SMILES string of the molecule is CC(C)Oc1ccc(Br)c(CC2CCN(CCC3COC(=O)N(C(C)C)C3)CC2)c1. The zero-order chi connectivity index (χ0) is 21.7. The number of ether oxygens (including phenoxy) is 2. The van der Waals surface area contributed by atoms with Crippen molar-refractivity contribution in [3.8, 4) is 5.75 Å². The van der Waals surface area contributed by atoms with Crippen LogP contribution in [0.3, 0.4) is 0 Å². The first-order valence-corrected chi connectivity index (χ1v) is 12.2. The van der Waals surface area contributed by atoms with Gasteiger partial charge in [0.1, 0.15) is 5.75 Å². The Labute approximate surface area is 190 Å². The predicted molar refractivity (Wildman–Crippen MR) is 124 cm³/mol. The van der Waals surface area contributed by atoms with Crippen molar-refractivity contribution in [2.45, 2.75) is 65.5 Å². The Kier molecular flexibility index (Phi) is 8.46. The van der Waals surface area contributed by atoms with Gasteiger partial charge in [-0.1, -0.05) is 15.9 Å². The highest BCUT2D eigenvalue weighted by molar-refractivity contribution is 9.10. The Bertz CT molecular complexity index is 702. The van der Waals surface area contributed by atoms with Crippen LogP contribution in [0, 0.1) is 11.8 Å². The van der Waals surface area contributed by atoms with Crippen molar-refractivity contribution < 1.29 is 14.3 Å². The summed E-state index contributed by atoms with van der Waals surface area (Å²) in [5.74, 6) is 2.13. The van der Waals surface area contributed by atoms with Gasteiger partial charge in [-0.15, -0.1) is 0 Å². The summed E-state index contributed by atoms with van der Waals surface area (Å²) in [5, 5.41) is 0. The molecule has 2 heterocycles. The van der Waals surface area contributed by atoms with Crippen LogP contribution in [0.5, 0.6) is 5.75 Å². The van der Waals surface area contributed by atoms with Gasteiger partial charge < -0.3 is 19.3 Å². The third-order valence-corrected chi connectivity index (χ3v) is 6.99. The molecular formula is C24H37BrN2O3. The van der Waals surface area contributed by atoms with E-state index >= 15 is 0 Å². The van der Waals surface area contributed by atoms with Gasteiger partial charge in [0.25, 0.3) is 0 Å². The molecular weight excluding hydrogens is 444 g/mol. The first kappa shape index (κ1) is 23.4. The summed E-state index contributed by atoms with van der Waals surface area (Å²) < 4.78 is 12.4. The lowest BCUT2D eigenvalue weighted by molar-refractivity contribution is 0.0256. The number of hydrogen-bond donors (Lipinski definition) is 0. The fraction of sp³-hybridized carbons (Fsp3) is 0.708. The van der Waals surface area contributed by atoms with Crippen molar-refractivity contribution in [3.63, 3.8) is 0 Å². The molecule has 6 heteroatoms. The minimum absolute atomic E-state index is 0.156. The van der Waals surface area contributed by atoms with Gasteiger partial charge in [0.15, 0.2) is 0 Å². The van der Waals surface area contributed by atoms with Gasteiger partial charge in [-0.05, 0) is 103 Å². The van der Waals surface area contributed by atoms with E-state index in [1.165, 1.54) is 22.9 Å². The van der Waals surface area contributed by atoms with Crippen LogP contribution in [0.4, 0.5) is 4.79 Å². The molecule has 1 amide bonds. The minimum Gasteiger partial charge on any atom is -0.491 e. The maximum absolute atomic E-state index is 11.9. The Morgan fingerprint density at radius 3 is 2.57 bits per heavy atom. The number of halogens is 1. The van der Waals surface area contributed by atoms with Gasteiger partial charge in [0.2, 0.25) is 0 Å². The molecule has 1 unspecified atom stereocenters. The maximum atomic E-state index is 11.9. The van der Waals surface area contributed by atoms with Crippen LogP contribution >= 0.6 is 15.9 Å². The molecule has 0 spiro atoms. The average molecular weight is 481 g/mol. The van der Waals surface area contributed by atoms with Crippen molar-refractivity contribution in [1.82, 2.24) is 9.80 Å². The Morgan fingerprint density at radius 2 is 1.90 bits per heavy atom. The molecule has 2 aliphatic rings. The van der Waals surface area contributed by atoms with Gasteiger partial charge in [-0.2, -0.15) is 0 Å². The summed E-state index contributed by atoms with van der Waals surface area (Å²) in [5.41, 5.74) is 1.35. The standard InChI is InChI=1S/C24H37BrN2O3/c1-17(2)27-15-20(16-29-24(27)28)9-12-26-10-7-19(8-11-26)13-21-14-22(30-18(3)4)5-6-23(21)25/h5-6,14,17-20H,7-13,15-16H2,1-4H3. The van der Waals surface area contributed by atoms with Crippen LogP contribution in [-0.4, -0.2) is 60.8 Å². The number of cyclic esters (lactones) is 1. The number of benzene rings is 1. The average Bonchev–Trinajstić information content (AvgIpc) is 2.70. The molecule has 1 aromatic rings. The highest BCUT2D eigenvalue weighted by atomic mass is 79.9. The monoisotopic (exact) mass is 480 g/mol. The molecule has 5 nitrogen and oxygen atoms in total. The normalized spacial score (nSPS) is 21.4. The van der Waals surface area contributed by atoms with Gasteiger partial charge >= 0.3 is 6.09 Å². The molecule has 168 valence electrons. The van der Waals surface area contributed by atoms with Crippen LogP contribution in [0.25, 0.3) is 0 Å². The van der Waals surface area contributed by atoms with E-state index in [0.29, 0.717) is 12.5 Å². The number of likely N-dealkylation sites (tertiary alicyclic amines) is 1. The van der Waals surface area contributed by atoms with Gasteiger partial charge in [0, 0.05) is 23.0 Å². The Morgan fingerprint density at radius 1 is 1.17 bits per heavy atom. The zero-order valence-corrected chi connectivity index (χ0v) is 20.5. The number of nitrogens with zero attached hydrogens (tertiary/aromatic N) is 2. The fourth-order valence-corrected chi connectivity index (χ4v) is 4.83. The molecule has 1 aromatic carbocycles. The van der Waals surface area contributed by atoms with Gasteiger partial charge in [0.05, 0.1) is 12.7 Å². The molecule has 0 saturated carbocycles. The highest BCUT2D eigenvalue weighted by Crippen LogP contribution is 2.29. The quantitative estimate of drug-likeness (QED) is 0.502. The first-order valence-electron chi connectivity index (χ1n) is 11.4. The molecule has 30 heavy (non-hydrogen) atoms. The Hall–Kier alpha value is -1.27. The molecule has 2 aliphatic heterocycles. The minimum atomic E-state index is -0.156. The number of carbonyl (C=O) groups excluding carboxylic acids is 1. The number of piperidine rings is 1. The maximum Gasteiger partial charge on any atom is 0.410 e. The molecule has 2 saturated heterocycles. The molecule has 0 aromatic heterocycles. The van der Waals surface area contributed by atoms with E-state index < -0.39 is 0 Å². The summed E-state index contributed by atoms with van der Waals surface area (Å²) in [6, 6.07) is 6.56. The van der Waals surface area contributed by atoms with Crippen molar-refractivity contribution in [2.75, 3.05) is 32.8 Å². The molecule has 1 atom stereocenters. The molecule has 2 fully saturated rings.